The monoisotopic (exact) mass is 466 g/mol. The molecule has 2 heterocycles. The minimum Gasteiger partial charge on any atom is -0.478 e. The summed E-state index contributed by atoms with van der Waals surface area (Å²) in [7, 11) is 0. The van der Waals surface area contributed by atoms with E-state index in [1.807, 2.05) is 0 Å². The van der Waals surface area contributed by atoms with Gasteiger partial charge in [-0.05, 0) is 61.1 Å². The van der Waals surface area contributed by atoms with Gasteiger partial charge in [0.2, 0.25) is 0 Å². The molecular formula is C23H15ClN2O5S. The van der Waals surface area contributed by atoms with Crippen molar-refractivity contribution in [1.29, 1.82) is 0 Å². The first kappa shape index (κ1) is 21.5. The number of benzene rings is 2. The number of hydrogen-bond acceptors (Lipinski definition) is 5. The molecule has 9 heteroatoms. The molecule has 0 atom stereocenters. The van der Waals surface area contributed by atoms with E-state index in [4.69, 9.17) is 28.2 Å². The van der Waals surface area contributed by atoms with Gasteiger partial charge in [-0.2, -0.15) is 0 Å². The molecule has 0 aliphatic carbocycles. The van der Waals surface area contributed by atoms with Gasteiger partial charge < -0.3 is 9.52 Å². The maximum atomic E-state index is 13.2. The summed E-state index contributed by atoms with van der Waals surface area (Å²) in [6.07, 6.45) is 1.29. The van der Waals surface area contributed by atoms with Gasteiger partial charge in [-0.1, -0.05) is 35.9 Å². The number of carboxylic acids is 1. The van der Waals surface area contributed by atoms with Crippen molar-refractivity contribution in [3.63, 3.8) is 0 Å². The zero-order valence-corrected chi connectivity index (χ0v) is 18.2. The molecule has 32 heavy (non-hydrogen) atoms. The third-order valence-corrected chi connectivity index (χ3v) is 5.61. The first-order valence-electron chi connectivity index (χ1n) is 9.37. The van der Waals surface area contributed by atoms with E-state index in [1.165, 1.54) is 17.0 Å². The summed E-state index contributed by atoms with van der Waals surface area (Å²) in [5.41, 5.74) is 1.34. The zero-order chi connectivity index (χ0) is 23.0. The number of halogens is 1. The number of nitrogens with zero attached hydrogens (tertiary/aromatic N) is 1. The molecule has 160 valence electrons. The van der Waals surface area contributed by atoms with E-state index in [1.54, 1.807) is 55.5 Å². The molecule has 7 nitrogen and oxygen atoms in total. The van der Waals surface area contributed by atoms with Crippen molar-refractivity contribution >= 4 is 58.5 Å². The molecule has 1 fully saturated rings. The van der Waals surface area contributed by atoms with Crippen molar-refractivity contribution in [2.24, 2.45) is 0 Å². The molecule has 1 aromatic heterocycles. The maximum Gasteiger partial charge on any atom is 0.336 e. The molecule has 0 unspecified atom stereocenters. The van der Waals surface area contributed by atoms with Crippen LogP contribution < -0.4 is 10.2 Å². The van der Waals surface area contributed by atoms with Gasteiger partial charge in [0.15, 0.2) is 5.11 Å². The number of carboxylic acid groups (broad SMARTS) is 1. The van der Waals surface area contributed by atoms with E-state index < -0.39 is 17.8 Å². The summed E-state index contributed by atoms with van der Waals surface area (Å²) in [6, 6.07) is 14.5. The van der Waals surface area contributed by atoms with Gasteiger partial charge in [-0.15, -0.1) is 0 Å². The fourth-order valence-corrected chi connectivity index (χ4v) is 3.76. The quantitative estimate of drug-likeness (QED) is 0.335. The van der Waals surface area contributed by atoms with E-state index in [9.17, 15) is 19.5 Å². The topological polar surface area (TPSA) is 99.8 Å². The number of furan rings is 1. The first-order valence-corrected chi connectivity index (χ1v) is 10.2. The van der Waals surface area contributed by atoms with Crippen molar-refractivity contribution in [2.45, 2.75) is 6.92 Å². The van der Waals surface area contributed by atoms with Gasteiger partial charge in [0.05, 0.1) is 11.3 Å². The summed E-state index contributed by atoms with van der Waals surface area (Å²) >= 11 is 11.4. The summed E-state index contributed by atoms with van der Waals surface area (Å²) in [5.74, 6) is -1.90. The minimum absolute atomic E-state index is 0.0574. The van der Waals surface area contributed by atoms with E-state index in [-0.39, 0.29) is 27.8 Å². The summed E-state index contributed by atoms with van der Waals surface area (Å²) in [6.45, 7) is 1.74. The van der Waals surface area contributed by atoms with Crippen molar-refractivity contribution in [3.8, 4) is 11.3 Å². The average Bonchev–Trinajstić information content (AvgIpc) is 3.22. The Hall–Kier alpha value is -3.75. The summed E-state index contributed by atoms with van der Waals surface area (Å²) in [4.78, 5) is 38.4. The Kier molecular flexibility index (Phi) is 5.65. The van der Waals surface area contributed by atoms with Crippen molar-refractivity contribution in [1.82, 2.24) is 5.32 Å². The third kappa shape index (κ3) is 3.81. The van der Waals surface area contributed by atoms with E-state index in [2.05, 4.69) is 5.32 Å². The van der Waals surface area contributed by atoms with E-state index in [0.717, 1.165) is 0 Å². The fraction of sp³-hybridized carbons (Fsp3) is 0.0435. The van der Waals surface area contributed by atoms with Crippen LogP contribution >= 0.6 is 23.8 Å². The predicted molar refractivity (Wildman–Crippen MR) is 123 cm³/mol. The summed E-state index contributed by atoms with van der Waals surface area (Å²) < 4.78 is 5.73. The predicted octanol–water partition coefficient (Wildman–Crippen LogP) is 4.44. The maximum absolute atomic E-state index is 13.2. The van der Waals surface area contributed by atoms with Gasteiger partial charge in [-0.3, -0.25) is 19.8 Å². The number of nitrogens with one attached hydrogen (secondary N) is 1. The van der Waals surface area contributed by atoms with Gasteiger partial charge in [0.25, 0.3) is 11.8 Å². The first-order chi connectivity index (χ1) is 15.3. The van der Waals surface area contributed by atoms with Crippen LogP contribution in [-0.2, 0) is 9.59 Å². The molecule has 1 saturated heterocycles. The van der Waals surface area contributed by atoms with Gasteiger partial charge in [0, 0.05) is 10.6 Å². The number of rotatable bonds is 4. The number of amides is 2. The molecule has 2 N–H and O–H groups in total. The minimum atomic E-state index is -1.10. The molecule has 0 radical (unpaired) electrons. The smallest absolute Gasteiger partial charge is 0.336 e. The molecule has 0 saturated carbocycles. The highest BCUT2D eigenvalue weighted by atomic mass is 35.5. The molecule has 0 bridgehead atoms. The van der Waals surface area contributed by atoms with Crippen LogP contribution in [0.4, 0.5) is 5.69 Å². The van der Waals surface area contributed by atoms with Crippen LogP contribution in [0.25, 0.3) is 17.4 Å². The Labute approximate surface area is 192 Å². The van der Waals surface area contributed by atoms with Gasteiger partial charge in [-0.25, -0.2) is 4.79 Å². The Morgan fingerprint density at radius 2 is 1.88 bits per heavy atom. The Bertz CT molecular complexity index is 1330. The third-order valence-electron chi connectivity index (χ3n) is 4.92. The highest BCUT2D eigenvalue weighted by Gasteiger charge is 2.35. The average molecular weight is 467 g/mol. The lowest BCUT2D eigenvalue weighted by Gasteiger charge is -2.30. The molecule has 4 rings (SSSR count). The number of aromatic carboxylic acids is 1. The Morgan fingerprint density at radius 3 is 2.62 bits per heavy atom. The number of anilines is 1. The molecule has 2 aromatic carbocycles. The molecule has 1 aliphatic rings. The van der Waals surface area contributed by atoms with Crippen LogP contribution in [0.1, 0.15) is 21.7 Å². The Morgan fingerprint density at radius 1 is 1.12 bits per heavy atom. The summed E-state index contributed by atoms with van der Waals surface area (Å²) in [5, 5.41) is 12.3. The second kappa shape index (κ2) is 8.41. The van der Waals surface area contributed by atoms with Crippen LogP contribution in [-0.4, -0.2) is 28.0 Å². The molecule has 3 aromatic rings. The largest absolute Gasteiger partial charge is 0.478 e. The van der Waals surface area contributed by atoms with E-state index >= 15 is 0 Å². The van der Waals surface area contributed by atoms with Crippen molar-refractivity contribution < 1.29 is 23.9 Å². The molecular weight excluding hydrogens is 452 g/mol. The highest BCUT2D eigenvalue weighted by molar-refractivity contribution is 7.80. The van der Waals surface area contributed by atoms with Crippen LogP contribution in [0.5, 0.6) is 0 Å². The SMILES string of the molecule is Cc1c(Cl)cccc1N1C(=O)/C(=C/c2ccc(-c3ccccc3C(=O)O)o2)C(=O)NC1=S. The van der Waals surface area contributed by atoms with Crippen LogP contribution in [0, 0.1) is 6.92 Å². The lowest BCUT2D eigenvalue weighted by atomic mass is 10.1. The second-order valence-corrected chi connectivity index (χ2v) is 7.69. The second-order valence-electron chi connectivity index (χ2n) is 6.89. The van der Waals surface area contributed by atoms with Gasteiger partial charge >= 0.3 is 5.97 Å². The number of thiocarbonyl (C=S) groups is 1. The van der Waals surface area contributed by atoms with Crippen molar-refractivity contribution in [3.05, 3.63) is 82.1 Å². The highest BCUT2D eigenvalue weighted by Crippen LogP contribution is 2.31. The van der Waals surface area contributed by atoms with Crippen molar-refractivity contribution in [2.75, 3.05) is 4.90 Å². The lowest BCUT2D eigenvalue weighted by molar-refractivity contribution is -0.122. The van der Waals surface area contributed by atoms with Gasteiger partial charge in [0.1, 0.15) is 17.1 Å². The number of carbonyl (C=O) groups excluding carboxylic acids is 2. The van der Waals surface area contributed by atoms with Crippen LogP contribution in [0.15, 0.2) is 64.6 Å². The zero-order valence-electron chi connectivity index (χ0n) is 16.6. The molecule has 1 aliphatic heterocycles. The van der Waals surface area contributed by atoms with Crippen LogP contribution in [0.3, 0.4) is 0 Å². The Balaban J connectivity index is 1.72. The molecule has 0 spiro atoms. The number of carbonyl (C=O) groups is 3. The molecule has 2 amide bonds. The lowest BCUT2D eigenvalue weighted by Crippen LogP contribution is -2.54. The fourth-order valence-electron chi connectivity index (χ4n) is 3.32. The van der Waals surface area contributed by atoms with Crippen LogP contribution in [0.2, 0.25) is 5.02 Å². The standard InChI is InChI=1S/C23H15ClN2O5S/c1-12-17(24)7-4-8-18(12)26-21(28)16(20(27)25-23(26)32)11-13-9-10-19(31-13)14-5-2-3-6-15(14)22(29)30/h2-11H,1H3,(H,29,30)(H,25,27,32)/b16-11+. The number of hydrogen-bond donors (Lipinski definition) is 2. The van der Waals surface area contributed by atoms with E-state index in [0.29, 0.717) is 21.8 Å². The normalized spacial score (nSPS) is 15.2.